The molecule has 0 atom stereocenters. The highest BCUT2D eigenvalue weighted by molar-refractivity contribution is 6.62. The lowest BCUT2D eigenvalue weighted by atomic mass is 9.80. The van der Waals surface area contributed by atoms with Crippen LogP contribution in [0.2, 0.25) is 0 Å². The Morgan fingerprint density at radius 1 is 1.11 bits per heavy atom. The van der Waals surface area contributed by atoms with Crippen molar-refractivity contribution >= 4 is 23.7 Å². The third-order valence-electron chi connectivity index (χ3n) is 4.13. The van der Waals surface area contributed by atoms with E-state index in [1.54, 1.807) is 12.5 Å². The van der Waals surface area contributed by atoms with Gasteiger partial charge in [-0.2, -0.15) is 0 Å². The topological polar surface area (TPSA) is 49.2 Å². The molecule has 0 N–H and O–H groups in total. The minimum Gasteiger partial charge on any atom is -0.399 e. The molecule has 6 heteroatoms. The molecule has 1 aliphatic heterocycles. The summed E-state index contributed by atoms with van der Waals surface area (Å²) >= 11 is 0. The molecule has 3 rings (SSSR count). The van der Waals surface area contributed by atoms with E-state index in [0.29, 0.717) is 0 Å². The summed E-state index contributed by atoms with van der Waals surface area (Å²) in [7, 11) is 1.57. The molecule has 1 saturated heterocycles. The molecule has 0 radical (unpaired) electrons. The van der Waals surface area contributed by atoms with E-state index in [0.717, 1.165) is 16.6 Å². The number of hydrogen-bond acceptors (Lipinski definition) is 4. The van der Waals surface area contributed by atoms with Gasteiger partial charge in [-0.25, -0.2) is 9.97 Å². The highest BCUT2D eigenvalue weighted by Gasteiger charge is 2.51. The van der Waals surface area contributed by atoms with E-state index in [-0.39, 0.29) is 18.3 Å². The summed E-state index contributed by atoms with van der Waals surface area (Å²) in [6.45, 7) is 8.18. The van der Waals surface area contributed by atoms with E-state index in [1.807, 2.05) is 45.4 Å². The number of imidazole rings is 1. The average molecular weight is 259 g/mol. The van der Waals surface area contributed by atoms with Gasteiger partial charge in [0.05, 0.1) is 23.0 Å². The first kappa shape index (κ1) is 12.6. The van der Waals surface area contributed by atoms with Gasteiger partial charge in [0.25, 0.3) is 0 Å². The zero-order valence-electron chi connectivity index (χ0n) is 12.0. The first-order chi connectivity index (χ1) is 8.80. The molecule has 3 heterocycles. The van der Waals surface area contributed by atoms with Gasteiger partial charge in [-0.3, -0.25) is 0 Å². The lowest BCUT2D eigenvalue weighted by Gasteiger charge is -2.32. The van der Waals surface area contributed by atoms with Crippen LogP contribution in [0.15, 0.2) is 18.6 Å². The molecular formula is C13H18BN3O2. The van der Waals surface area contributed by atoms with Crippen molar-refractivity contribution in [2.24, 2.45) is 7.05 Å². The summed E-state index contributed by atoms with van der Waals surface area (Å²) in [6.07, 6.45) is 3.53. The molecule has 0 unspecified atom stereocenters. The second kappa shape index (κ2) is 3.80. The summed E-state index contributed by atoms with van der Waals surface area (Å²) in [5.74, 6) is 0. The second-order valence-corrected chi connectivity index (χ2v) is 6.06. The third-order valence-corrected chi connectivity index (χ3v) is 4.13. The van der Waals surface area contributed by atoms with Crippen molar-refractivity contribution in [2.75, 3.05) is 0 Å². The molecule has 1 fully saturated rings. The number of hydrogen-bond donors (Lipinski definition) is 0. The van der Waals surface area contributed by atoms with Crippen LogP contribution < -0.4 is 5.46 Å². The Morgan fingerprint density at radius 3 is 2.37 bits per heavy atom. The number of nitrogens with zero attached hydrogens (tertiary/aromatic N) is 3. The van der Waals surface area contributed by atoms with Crippen molar-refractivity contribution in [3.63, 3.8) is 0 Å². The summed E-state index contributed by atoms with van der Waals surface area (Å²) in [5.41, 5.74) is 1.97. The number of rotatable bonds is 1. The standard InChI is InChI=1S/C13H18BN3O2/c1-12(2)13(3,4)19-14(18-12)9-6-10-11(15-7-9)16-8-17(10)5/h6-8H,1-5H3. The fourth-order valence-corrected chi connectivity index (χ4v) is 2.13. The minimum atomic E-state index is -0.378. The predicted molar refractivity (Wildman–Crippen MR) is 74.2 cm³/mol. The summed E-state index contributed by atoms with van der Waals surface area (Å²) < 4.78 is 14.0. The maximum atomic E-state index is 6.02. The fraction of sp³-hybridized carbons (Fsp3) is 0.538. The van der Waals surface area contributed by atoms with E-state index in [1.165, 1.54) is 0 Å². The molecule has 0 aliphatic carbocycles. The Balaban J connectivity index is 2.00. The van der Waals surface area contributed by atoms with Gasteiger partial charge in [0, 0.05) is 18.7 Å². The molecule has 100 valence electrons. The Bertz CT molecular complexity index is 620. The Morgan fingerprint density at radius 2 is 1.74 bits per heavy atom. The van der Waals surface area contributed by atoms with E-state index >= 15 is 0 Å². The molecule has 0 aromatic carbocycles. The van der Waals surface area contributed by atoms with Crippen molar-refractivity contribution in [1.29, 1.82) is 0 Å². The van der Waals surface area contributed by atoms with Crippen LogP contribution in [0.1, 0.15) is 27.7 Å². The van der Waals surface area contributed by atoms with E-state index in [4.69, 9.17) is 9.31 Å². The van der Waals surface area contributed by atoms with Gasteiger partial charge in [-0.15, -0.1) is 0 Å². The van der Waals surface area contributed by atoms with Crippen LogP contribution in [0.3, 0.4) is 0 Å². The van der Waals surface area contributed by atoms with Gasteiger partial charge < -0.3 is 13.9 Å². The molecule has 2 aromatic heterocycles. The quantitative estimate of drug-likeness (QED) is 0.723. The van der Waals surface area contributed by atoms with Crippen LogP contribution in [0.4, 0.5) is 0 Å². The van der Waals surface area contributed by atoms with E-state index in [9.17, 15) is 0 Å². The Hall–Kier alpha value is -1.40. The van der Waals surface area contributed by atoms with Crippen molar-refractivity contribution in [3.8, 4) is 0 Å². The summed E-state index contributed by atoms with van der Waals surface area (Å²) in [6, 6.07) is 2.03. The van der Waals surface area contributed by atoms with Gasteiger partial charge in [-0.05, 0) is 33.8 Å². The molecule has 0 spiro atoms. The Labute approximate surface area is 113 Å². The van der Waals surface area contributed by atoms with Crippen LogP contribution in [0.5, 0.6) is 0 Å². The summed E-state index contributed by atoms with van der Waals surface area (Å²) in [5, 5.41) is 0. The molecule has 0 bridgehead atoms. The number of pyridine rings is 1. The highest BCUT2D eigenvalue weighted by Crippen LogP contribution is 2.36. The summed E-state index contributed by atoms with van der Waals surface area (Å²) in [4.78, 5) is 8.56. The predicted octanol–water partition coefficient (Wildman–Crippen LogP) is 1.27. The third kappa shape index (κ3) is 1.86. The smallest absolute Gasteiger partial charge is 0.399 e. The first-order valence-electron chi connectivity index (χ1n) is 6.43. The second-order valence-electron chi connectivity index (χ2n) is 6.06. The van der Waals surface area contributed by atoms with Gasteiger partial charge in [0.1, 0.15) is 0 Å². The molecule has 2 aromatic rings. The first-order valence-corrected chi connectivity index (χ1v) is 6.43. The molecule has 5 nitrogen and oxygen atoms in total. The Kier molecular flexibility index (Phi) is 2.53. The van der Waals surface area contributed by atoms with E-state index in [2.05, 4.69) is 9.97 Å². The largest absolute Gasteiger partial charge is 0.496 e. The average Bonchev–Trinajstić information content (AvgIpc) is 2.78. The van der Waals surface area contributed by atoms with Gasteiger partial charge in [-0.1, -0.05) is 0 Å². The molecule has 19 heavy (non-hydrogen) atoms. The SMILES string of the molecule is Cn1cnc2ncc(B3OC(C)(C)C(C)(C)O3)cc21. The molecule has 1 aliphatic rings. The fourth-order valence-electron chi connectivity index (χ4n) is 2.13. The van der Waals surface area contributed by atoms with Crippen LogP contribution in [-0.2, 0) is 16.4 Å². The molecule has 0 amide bonds. The van der Waals surface area contributed by atoms with Crippen LogP contribution in [0, 0.1) is 0 Å². The van der Waals surface area contributed by atoms with Crippen LogP contribution >= 0.6 is 0 Å². The minimum absolute atomic E-state index is 0.334. The zero-order valence-corrected chi connectivity index (χ0v) is 12.0. The maximum Gasteiger partial charge on any atom is 0.496 e. The van der Waals surface area contributed by atoms with Gasteiger partial charge >= 0.3 is 7.12 Å². The van der Waals surface area contributed by atoms with Crippen molar-refractivity contribution < 1.29 is 9.31 Å². The van der Waals surface area contributed by atoms with Crippen molar-refractivity contribution in [3.05, 3.63) is 18.6 Å². The van der Waals surface area contributed by atoms with Crippen molar-refractivity contribution in [2.45, 2.75) is 38.9 Å². The number of aryl methyl sites for hydroxylation is 1. The maximum absolute atomic E-state index is 6.02. The molecule has 0 saturated carbocycles. The number of aromatic nitrogens is 3. The highest BCUT2D eigenvalue weighted by atomic mass is 16.7. The van der Waals surface area contributed by atoms with Crippen molar-refractivity contribution in [1.82, 2.24) is 14.5 Å². The normalized spacial score (nSPS) is 21.2. The van der Waals surface area contributed by atoms with Gasteiger partial charge in [0.15, 0.2) is 5.65 Å². The molecular weight excluding hydrogens is 241 g/mol. The van der Waals surface area contributed by atoms with Gasteiger partial charge in [0.2, 0.25) is 0 Å². The van der Waals surface area contributed by atoms with Crippen LogP contribution in [0.25, 0.3) is 11.2 Å². The lowest BCUT2D eigenvalue weighted by Crippen LogP contribution is -2.41. The van der Waals surface area contributed by atoms with E-state index < -0.39 is 0 Å². The lowest BCUT2D eigenvalue weighted by molar-refractivity contribution is 0.00578. The number of fused-ring (bicyclic) bond motifs is 1. The van der Waals surface area contributed by atoms with Crippen LogP contribution in [-0.4, -0.2) is 32.9 Å². The monoisotopic (exact) mass is 259 g/mol. The zero-order chi connectivity index (χ0) is 13.8.